The Morgan fingerprint density at radius 1 is 1.19 bits per heavy atom. The van der Waals surface area contributed by atoms with Gasteiger partial charge in [-0.05, 0) is 42.5 Å². The maximum absolute atomic E-state index is 13.2. The highest BCUT2D eigenvalue weighted by atomic mass is 19.1. The van der Waals surface area contributed by atoms with Crippen molar-refractivity contribution in [1.29, 1.82) is 5.26 Å². The summed E-state index contributed by atoms with van der Waals surface area (Å²) in [6.07, 6.45) is 1.80. The molecule has 4 nitrogen and oxygen atoms in total. The van der Waals surface area contributed by atoms with E-state index in [-0.39, 0.29) is 11.5 Å². The number of H-pyrrole nitrogens is 1. The molecule has 0 saturated carbocycles. The van der Waals surface area contributed by atoms with Crippen LogP contribution in [0.4, 0.5) is 10.1 Å². The third-order valence-electron chi connectivity index (χ3n) is 3.16. The summed E-state index contributed by atoms with van der Waals surface area (Å²) >= 11 is 0. The first-order valence-electron chi connectivity index (χ1n) is 6.25. The Kier molecular flexibility index (Phi) is 3.13. The molecule has 0 radical (unpaired) electrons. The lowest BCUT2D eigenvalue weighted by molar-refractivity contribution is 0.102. The molecule has 1 amide bonds. The first-order valence-corrected chi connectivity index (χ1v) is 6.25. The maximum atomic E-state index is 13.2. The predicted octanol–water partition coefficient (Wildman–Crippen LogP) is 3.43. The van der Waals surface area contributed by atoms with Gasteiger partial charge in [-0.3, -0.25) is 4.79 Å². The molecule has 0 aliphatic carbocycles. The van der Waals surface area contributed by atoms with Crippen LogP contribution in [0, 0.1) is 17.1 Å². The molecule has 3 rings (SSSR count). The molecule has 1 aromatic heterocycles. The van der Waals surface area contributed by atoms with E-state index < -0.39 is 5.82 Å². The summed E-state index contributed by atoms with van der Waals surface area (Å²) in [5.41, 5.74) is 1.71. The molecule has 3 aromatic rings. The largest absolute Gasteiger partial charge is 0.361 e. The molecule has 102 valence electrons. The van der Waals surface area contributed by atoms with Crippen LogP contribution < -0.4 is 5.32 Å². The molecular formula is C16H10FN3O. The molecule has 2 aromatic carbocycles. The Labute approximate surface area is 119 Å². The van der Waals surface area contributed by atoms with Crippen LogP contribution >= 0.6 is 0 Å². The van der Waals surface area contributed by atoms with Gasteiger partial charge in [0.25, 0.3) is 5.91 Å². The predicted molar refractivity (Wildman–Crippen MR) is 77.4 cm³/mol. The summed E-state index contributed by atoms with van der Waals surface area (Å²) in [5, 5.41) is 12.4. The number of fused-ring (bicyclic) bond motifs is 1. The van der Waals surface area contributed by atoms with Gasteiger partial charge in [-0.2, -0.15) is 5.26 Å². The molecule has 21 heavy (non-hydrogen) atoms. The summed E-state index contributed by atoms with van der Waals surface area (Å²) in [5.74, 6) is -0.919. The normalized spacial score (nSPS) is 10.3. The highest BCUT2D eigenvalue weighted by molar-refractivity contribution is 6.06. The van der Waals surface area contributed by atoms with Crippen LogP contribution in [-0.4, -0.2) is 10.9 Å². The SMILES string of the molecule is N#Cc1cc(NC(=O)c2ccc3[nH]ccc3c2)ccc1F. The molecule has 0 bridgehead atoms. The quantitative estimate of drug-likeness (QED) is 0.754. The number of aromatic amines is 1. The molecule has 0 fully saturated rings. The highest BCUT2D eigenvalue weighted by Gasteiger charge is 2.09. The first kappa shape index (κ1) is 12.9. The van der Waals surface area contributed by atoms with Crippen LogP contribution in [0.15, 0.2) is 48.7 Å². The van der Waals surface area contributed by atoms with E-state index in [0.717, 1.165) is 17.0 Å². The fraction of sp³-hybridized carbons (Fsp3) is 0. The van der Waals surface area contributed by atoms with Crippen LogP contribution in [0.5, 0.6) is 0 Å². The second-order valence-corrected chi connectivity index (χ2v) is 4.54. The lowest BCUT2D eigenvalue weighted by Gasteiger charge is -2.06. The fourth-order valence-electron chi connectivity index (χ4n) is 2.09. The average molecular weight is 279 g/mol. The van der Waals surface area contributed by atoms with Gasteiger partial charge in [-0.15, -0.1) is 0 Å². The van der Waals surface area contributed by atoms with Gasteiger partial charge in [-0.25, -0.2) is 4.39 Å². The van der Waals surface area contributed by atoms with E-state index in [1.54, 1.807) is 24.4 Å². The number of nitriles is 1. The lowest BCUT2D eigenvalue weighted by Crippen LogP contribution is -2.12. The number of rotatable bonds is 2. The zero-order valence-corrected chi connectivity index (χ0v) is 10.9. The van der Waals surface area contributed by atoms with Crippen LogP contribution in [0.1, 0.15) is 15.9 Å². The number of anilines is 1. The summed E-state index contributed by atoms with van der Waals surface area (Å²) in [6, 6.07) is 12.8. The van der Waals surface area contributed by atoms with Crippen molar-refractivity contribution in [3.05, 3.63) is 65.6 Å². The van der Waals surface area contributed by atoms with Gasteiger partial charge in [-0.1, -0.05) is 0 Å². The molecular weight excluding hydrogens is 269 g/mol. The third-order valence-corrected chi connectivity index (χ3v) is 3.16. The molecule has 0 aliphatic rings. The van der Waals surface area contributed by atoms with Gasteiger partial charge in [0.05, 0.1) is 5.56 Å². The number of nitrogens with one attached hydrogen (secondary N) is 2. The van der Waals surface area contributed by atoms with Gasteiger partial charge in [0.15, 0.2) is 0 Å². The molecule has 5 heteroatoms. The second kappa shape index (κ2) is 5.10. The third kappa shape index (κ3) is 2.47. The summed E-state index contributed by atoms with van der Waals surface area (Å²) in [4.78, 5) is 15.2. The second-order valence-electron chi connectivity index (χ2n) is 4.54. The van der Waals surface area contributed by atoms with E-state index in [1.165, 1.54) is 12.1 Å². The Bertz CT molecular complexity index is 877. The highest BCUT2D eigenvalue weighted by Crippen LogP contribution is 2.17. The molecule has 1 heterocycles. The van der Waals surface area contributed by atoms with Crippen LogP contribution in [0.25, 0.3) is 10.9 Å². The van der Waals surface area contributed by atoms with Gasteiger partial charge in [0.2, 0.25) is 0 Å². The van der Waals surface area contributed by atoms with Crippen LogP contribution in [0.2, 0.25) is 0 Å². The monoisotopic (exact) mass is 279 g/mol. The number of aromatic nitrogens is 1. The zero-order chi connectivity index (χ0) is 14.8. The summed E-state index contributed by atoms with van der Waals surface area (Å²) < 4.78 is 13.2. The van der Waals surface area contributed by atoms with Crippen molar-refractivity contribution in [3.8, 4) is 6.07 Å². The average Bonchev–Trinajstić information content (AvgIpc) is 2.96. The standard InChI is InChI=1S/C16H10FN3O/c17-14-3-2-13(8-12(14)9-18)20-16(21)11-1-4-15-10(7-11)5-6-19-15/h1-8,19H,(H,20,21). The smallest absolute Gasteiger partial charge is 0.255 e. The molecule has 0 spiro atoms. The van der Waals surface area contributed by atoms with Crippen molar-refractivity contribution in [1.82, 2.24) is 4.98 Å². The number of carbonyl (C=O) groups is 1. The van der Waals surface area contributed by atoms with E-state index in [1.807, 2.05) is 12.1 Å². The number of hydrogen-bond donors (Lipinski definition) is 2. The number of hydrogen-bond acceptors (Lipinski definition) is 2. The van der Waals surface area contributed by atoms with Crippen molar-refractivity contribution < 1.29 is 9.18 Å². The van der Waals surface area contributed by atoms with E-state index in [4.69, 9.17) is 5.26 Å². The van der Waals surface area contributed by atoms with Crippen LogP contribution in [0.3, 0.4) is 0 Å². The van der Waals surface area contributed by atoms with Crippen molar-refractivity contribution in [2.24, 2.45) is 0 Å². The molecule has 0 aliphatic heterocycles. The van der Waals surface area contributed by atoms with Gasteiger partial charge in [0.1, 0.15) is 11.9 Å². The minimum Gasteiger partial charge on any atom is -0.361 e. The van der Waals surface area contributed by atoms with Gasteiger partial charge < -0.3 is 10.3 Å². The Balaban J connectivity index is 1.87. The van der Waals surface area contributed by atoms with E-state index in [9.17, 15) is 9.18 Å². The van der Waals surface area contributed by atoms with Gasteiger partial charge >= 0.3 is 0 Å². The minimum atomic E-state index is -0.607. The summed E-state index contributed by atoms with van der Waals surface area (Å²) in [6.45, 7) is 0. The number of carbonyl (C=O) groups excluding carboxylic acids is 1. The number of amides is 1. The number of benzene rings is 2. The minimum absolute atomic E-state index is 0.103. The Morgan fingerprint density at radius 2 is 2.05 bits per heavy atom. The first-order chi connectivity index (χ1) is 10.2. The van der Waals surface area contributed by atoms with Crippen molar-refractivity contribution in [3.63, 3.8) is 0 Å². The van der Waals surface area contributed by atoms with Gasteiger partial charge in [0, 0.05) is 28.4 Å². The van der Waals surface area contributed by atoms with Crippen molar-refractivity contribution in [2.75, 3.05) is 5.32 Å². The zero-order valence-electron chi connectivity index (χ0n) is 10.9. The summed E-state index contributed by atoms with van der Waals surface area (Å²) in [7, 11) is 0. The number of halogens is 1. The number of nitrogens with zero attached hydrogens (tertiary/aromatic N) is 1. The van der Waals surface area contributed by atoms with Crippen molar-refractivity contribution >= 4 is 22.5 Å². The Hall–Kier alpha value is -3.13. The van der Waals surface area contributed by atoms with E-state index in [2.05, 4.69) is 10.3 Å². The maximum Gasteiger partial charge on any atom is 0.255 e. The lowest BCUT2D eigenvalue weighted by atomic mass is 10.1. The topological polar surface area (TPSA) is 68.7 Å². The molecule has 0 saturated heterocycles. The van der Waals surface area contributed by atoms with Crippen LogP contribution in [-0.2, 0) is 0 Å². The molecule has 0 atom stereocenters. The Morgan fingerprint density at radius 3 is 2.86 bits per heavy atom. The van der Waals surface area contributed by atoms with E-state index in [0.29, 0.717) is 11.3 Å². The van der Waals surface area contributed by atoms with Crippen molar-refractivity contribution in [2.45, 2.75) is 0 Å². The molecule has 2 N–H and O–H groups in total. The fourth-order valence-corrected chi connectivity index (χ4v) is 2.09. The van der Waals surface area contributed by atoms with E-state index >= 15 is 0 Å². The molecule has 0 unspecified atom stereocenters.